The van der Waals surface area contributed by atoms with Crippen molar-refractivity contribution in [3.63, 3.8) is 0 Å². The lowest BCUT2D eigenvalue weighted by atomic mass is 9.95. The van der Waals surface area contributed by atoms with Gasteiger partial charge in [0.05, 0.1) is 0 Å². The fourth-order valence-electron chi connectivity index (χ4n) is 2.69. The molecule has 0 aliphatic heterocycles. The standard InChI is InChI=1S/C22H16/c1-2-4-19(5-3-1)20-11-8-17(9-12-20)6-7-18-10-13-21-14-15-22(21)16-18/h1-16H. The van der Waals surface area contributed by atoms with Crippen molar-refractivity contribution in [3.05, 3.63) is 95.1 Å². The maximum absolute atomic E-state index is 2.23. The molecule has 3 aromatic carbocycles. The highest BCUT2D eigenvalue weighted by molar-refractivity contribution is 5.87. The molecule has 0 heteroatoms. The van der Waals surface area contributed by atoms with Crippen molar-refractivity contribution < 1.29 is 0 Å². The predicted octanol–water partition coefficient (Wildman–Crippen LogP) is 6.01. The first-order valence-electron chi connectivity index (χ1n) is 7.54. The third-order valence-corrected chi connectivity index (χ3v) is 4.04. The van der Waals surface area contributed by atoms with Crippen molar-refractivity contribution >= 4 is 24.3 Å². The Morgan fingerprint density at radius 1 is 0.500 bits per heavy atom. The van der Waals surface area contributed by atoms with Gasteiger partial charge < -0.3 is 0 Å². The van der Waals surface area contributed by atoms with Gasteiger partial charge >= 0.3 is 0 Å². The van der Waals surface area contributed by atoms with Crippen LogP contribution in [0.3, 0.4) is 0 Å². The van der Waals surface area contributed by atoms with Gasteiger partial charge in [-0.2, -0.15) is 0 Å². The van der Waals surface area contributed by atoms with Crippen LogP contribution in [0.5, 0.6) is 0 Å². The molecule has 0 N–H and O–H groups in total. The minimum absolute atomic E-state index is 1.22. The molecule has 1 aliphatic rings. The van der Waals surface area contributed by atoms with Crippen molar-refractivity contribution in [2.75, 3.05) is 0 Å². The molecule has 0 unspecified atom stereocenters. The van der Waals surface area contributed by atoms with Gasteiger partial charge in [0.1, 0.15) is 0 Å². The minimum atomic E-state index is 1.22. The van der Waals surface area contributed by atoms with Gasteiger partial charge in [-0.05, 0) is 39.4 Å². The van der Waals surface area contributed by atoms with Crippen molar-refractivity contribution in [3.8, 4) is 11.1 Å². The van der Waals surface area contributed by atoms with Gasteiger partial charge in [0.15, 0.2) is 0 Å². The van der Waals surface area contributed by atoms with Gasteiger partial charge in [0, 0.05) is 0 Å². The normalized spacial score (nSPS) is 12.2. The van der Waals surface area contributed by atoms with Crippen LogP contribution in [0.4, 0.5) is 0 Å². The van der Waals surface area contributed by atoms with Crippen molar-refractivity contribution in [1.82, 2.24) is 0 Å². The van der Waals surface area contributed by atoms with E-state index in [1.807, 2.05) is 6.07 Å². The zero-order chi connectivity index (χ0) is 14.8. The Balaban J connectivity index is 1.54. The largest absolute Gasteiger partial charge is 0.0622 e. The van der Waals surface area contributed by atoms with Gasteiger partial charge in [-0.3, -0.25) is 0 Å². The van der Waals surface area contributed by atoms with Gasteiger partial charge in [0.2, 0.25) is 0 Å². The van der Waals surface area contributed by atoms with E-state index in [9.17, 15) is 0 Å². The molecule has 104 valence electrons. The minimum Gasteiger partial charge on any atom is -0.0622 e. The number of rotatable bonds is 3. The summed E-state index contributed by atoms with van der Waals surface area (Å²) in [6.07, 6.45) is 8.63. The van der Waals surface area contributed by atoms with E-state index in [4.69, 9.17) is 0 Å². The summed E-state index contributed by atoms with van der Waals surface area (Å²) < 4.78 is 0. The summed E-state index contributed by atoms with van der Waals surface area (Å²) in [5.41, 5.74) is 7.65. The maximum atomic E-state index is 2.23. The fourth-order valence-corrected chi connectivity index (χ4v) is 2.69. The first kappa shape index (κ1) is 12.8. The first-order valence-corrected chi connectivity index (χ1v) is 7.54. The van der Waals surface area contributed by atoms with Crippen LogP contribution in [-0.4, -0.2) is 0 Å². The average molecular weight is 280 g/mol. The molecular weight excluding hydrogens is 264 g/mol. The number of benzene rings is 3. The Bertz CT molecular complexity index is 850. The number of hydrogen-bond donors (Lipinski definition) is 0. The Hall–Kier alpha value is -2.86. The van der Waals surface area contributed by atoms with E-state index in [1.54, 1.807) is 0 Å². The lowest BCUT2D eigenvalue weighted by Crippen LogP contribution is -1.89. The summed E-state index contributed by atoms with van der Waals surface area (Å²) in [7, 11) is 0. The smallest absolute Gasteiger partial charge is 0.0178 e. The third kappa shape index (κ3) is 2.51. The lowest BCUT2D eigenvalue weighted by Gasteiger charge is -2.10. The molecule has 22 heavy (non-hydrogen) atoms. The average Bonchev–Trinajstić information content (AvgIpc) is 2.56. The van der Waals surface area contributed by atoms with Gasteiger partial charge in [-0.15, -0.1) is 0 Å². The summed E-state index contributed by atoms with van der Waals surface area (Å²) in [4.78, 5) is 0. The summed E-state index contributed by atoms with van der Waals surface area (Å²) in [5, 5.41) is 0. The second-order valence-electron chi connectivity index (χ2n) is 5.54. The topological polar surface area (TPSA) is 0 Å². The summed E-state index contributed by atoms with van der Waals surface area (Å²) in [6, 6.07) is 25.7. The molecule has 0 aromatic heterocycles. The molecule has 3 aromatic rings. The highest BCUT2D eigenvalue weighted by Crippen LogP contribution is 2.25. The molecule has 4 rings (SSSR count). The molecule has 0 amide bonds. The maximum Gasteiger partial charge on any atom is -0.0178 e. The van der Waals surface area contributed by atoms with Crippen LogP contribution in [0.25, 0.3) is 35.4 Å². The monoisotopic (exact) mass is 280 g/mol. The van der Waals surface area contributed by atoms with Crippen LogP contribution in [0, 0.1) is 0 Å². The van der Waals surface area contributed by atoms with E-state index in [-0.39, 0.29) is 0 Å². The van der Waals surface area contributed by atoms with Gasteiger partial charge in [0.25, 0.3) is 0 Å². The zero-order valence-corrected chi connectivity index (χ0v) is 12.2. The fraction of sp³-hybridized carbons (Fsp3) is 0. The zero-order valence-electron chi connectivity index (χ0n) is 12.2. The molecule has 0 fully saturated rings. The van der Waals surface area contributed by atoms with Crippen LogP contribution in [-0.2, 0) is 0 Å². The molecule has 0 bridgehead atoms. The predicted molar refractivity (Wildman–Crippen MR) is 96.2 cm³/mol. The van der Waals surface area contributed by atoms with E-state index in [0.717, 1.165) is 0 Å². The van der Waals surface area contributed by atoms with Gasteiger partial charge in [-0.25, -0.2) is 0 Å². The molecule has 1 aliphatic carbocycles. The van der Waals surface area contributed by atoms with E-state index < -0.39 is 0 Å². The second-order valence-corrected chi connectivity index (χ2v) is 5.54. The van der Waals surface area contributed by atoms with Crippen LogP contribution in [0.1, 0.15) is 22.3 Å². The Labute approximate surface area is 131 Å². The molecule has 0 heterocycles. The first-order chi connectivity index (χ1) is 10.9. The van der Waals surface area contributed by atoms with Crippen LogP contribution in [0.2, 0.25) is 0 Å². The highest BCUT2D eigenvalue weighted by atomic mass is 14.1. The number of hydrogen-bond acceptors (Lipinski definition) is 0. The molecule has 0 nitrogen and oxygen atoms in total. The quantitative estimate of drug-likeness (QED) is 0.403. The second kappa shape index (κ2) is 5.50. The summed E-state index contributed by atoms with van der Waals surface area (Å²) in [6.45, 7) is 0. The summed E-state index contributed by atoms with van der Waals surface area (Å²) in [5.74, 6) is 0. The van der Waals surface area contributed by atoms with Gasteiger partial charge in [-0.1, -0.05) is 91.0 Å². The third-order valence-electron chi connectivity index (χ3n) is 4.04. The molecular formula is C22H16. The highest BCUT2D eigenvalue weighted by Gasteiger charge is 2.04. The summed E-state index contributed by atoms with van der Waals surface area (Å²) >= 11 is 0. The molecule has 0 spiro atoms. The van der Waals surface area contributed by atoms with Crippen LogP contribution >= 0.6 is 0 Å². The van der Waals surface area contributed by atoms with Crippen LogP contribution in [0.15, 0.2) is 72.8 Å². The van der Waals surface area contributed by atoms with E-state index in [1.165, 1.54) is 33.4 Å². The molecule has 0 atom stereocenters. The Kier molecular flexibility index (Phi) is 3.21. The van der Waals surface area contributed by atoms with E-state index in [0.29, 0.717) is 0 Å². The van der Waals surface area contributed by atoms with Crippen molar-refractivity contribution in [1.29, 1.82) is 0 Å². The molecule has 0 saturated heterocycles. The Morgan fingerprint density at radius 3 is 1.82 bits per heavy atom. The van der Waals surface area contributed by atoms with Crippen molar-refractivity contribution in [2.24, 2.45) is 0 Å². The van der Waals surface area contributed by atoms with Crippen LogP contribution < -0.4 is 0 Å². The lowest BCUT2D eigenvalue weighted by molar-refractivity contribution is 1.55. The number of fused-ring (bicyclic) bond motifs is 1. The Morgan fingerprint density at radius 2 is 1.14 bits per heavy atom. The van der Waals surface area contributed by atoms with Crippen molar-refractivity contribution in [2.45, 2.75) is 0 Å². The van der Waals surface area contributed by atoms with E-state index >= 15 is 0 Å². The molecule has 0 radical (unpaired) electrons. The SMILES string of the molecule is C(=Cc1ccc2c(c1)C=C2)c1ccc(-c2ccccc2)cc1. The van der Waals surface area contributed by atoms with E-state index in [2.05, 4.69) is 91.0 Å². The molecule has 0 saturated carbocycles.